The Bertz CT molecular complexity index is 1510. The average Bonchev–Trinajstić information content (AvgIpc) is 2.88. The Morgan fingerprint density at radius 2 is 1.63 bits per heavy atom. The molecular weight excluding hydrogens is 565 g/mol. The Hall–Kier alpha value is -4.23. The highest BCUT2D eigenvalue weighted by molar-refractivity contribution is 7.84. The number of anilines is 1. The minimum atomic E-state index is -4.86. The summed E-state index contributed by atoms with van der Waals surface area (Å²) in [6.07, 6.45) is -1.11. The van der Waals surface area contributed by atoms with Crippen LogP contribution >= 0.6 is 0 Å². The Kier molecular flexibility index (Phi) is 9.56. The van der Waals surface area contributed by atoms with Crippen molar-refractivity contribution in [3.8, 4) is 16.9 Å². The largest absolute Gasteiger partial charge is 0.573 e. The molecule has 0 aliphatic carbocycles. The standard InChI is InChI=1S/C28H28F5N5O2S/c1-17(13-26(35)27(2,29)30)37-23-12-9-20(19-5-4-6-22(14-19)41(3)39)15-24(23)38(36)25(16-34)18-7-10-21(11-8-18)40-28(31,32)33/h4-16H,34-36H2,1-3H3/b25-16-,26-13?,37-17?. The first-order valence-electron chi connectivity index (χ1n) is 11.9. The summed E-state index contributed by atoms with van der Waals surface area (Å²) in [5.74, 6) is 2.80. The number of halogens is 5. The van der Waals surface area contributed by atoms with Gasteiger partial charge in [0, 0.05) is 46.3 Å². The van der Waals surface area contributed by atoms with E-state index in [9.17, 15) is 26.2 Å². The van der Waals surface area contributed by atoms with Crippen LogP contribution in [0.1, 0.15) is 19.4 Å². The van der Waals surface area contributed by atoms with Gasteiger partial charge in [-0.25, -0.2) is 14.6 Å². The van der Waals surface area contributed by atoms with Gasteiger partial charge in [0.2, 0.25) is 0 Å². The van der Waals surface area contributed by atoms with Crippen LogP contribution < -0.4 is 27.1 Å². The molecule has 3 aromatic rings. The third-order valence-electron chi connectivity index (χ3n) is 5.70. The lowest BCUT2D eigenvalue weighted by Gasteiger charge is -2.24. The van der Waals surface area contributed by atoms with Crippen LogP contribution in [0.15, 0.2) is 94.6 Å². The molecule has 1 atom stereocenters. The lowest BCUT2D eigenvalue weighted by atomic mass is 10.0. The maximum absolute atomic E-state index is 13.6. The lowest BCUT2D eigenvalue weighted by molar-refractivity contribution is -0.274. The van der Waals surface area contributed by atoms with Gasteiger partial charge in [0.25, 0.3) is 5.92 Å². The molecule has 0 fully saturated rings. The molecule has 0 aromatic heterocycles. The number of nitrogens with two attached hydrogens (primary N) is 3. The minimum absolute atomic E-state index is 0.154. The maximum atomic E-state index is 13.6. The number of aliphatic imine (C=N–C) groups is 1. The van der Waals surface area contributed by atoms with Crippen molar-refractivity contribution in [1.29, 1.82) is 0 Å². The Labute approximate surface area is 236 Å². The molecule has 3 rings (SSSR count). The van der Waals surface area contributed by atoms with Crippen molar-refractivity contribution in [1.82, 2.24) is 0 Å². The molecule has 0 spiro atoms. The average molecular weight is 594 g/mol. The highest BCUT2D eigenvalue weighted by Crippen LogP contribution is 2.37. The van der Waals surface area contributed by atoms with Crippen molar-refractivity contribution in [2.75, 3.05) is 11.3 Å². The zero-order valence-electron chi connectivity index (χ0n) is 22.2. The first-order chi connectivity index (χ1) is 19.1. The van der Waals surface area contributed by atoms with Crippen molar-refractivity contribution < 1.29 is 30.9 Å². The van der Waals surface area contributed by atoms with Gasteiger partial charge in [0.1, 0.15) is 5.75 Å². The van der Waals surface area contributed by atoms with E-state index in [0.29, 0.717) is 28.5 Å². The molecule has 3 aromatic carbocycles. The van der Waals surface area contributed by atoms with Crippen molar-refractivity contribution in [3.63, 3.8) is 0 Å². The third kappa shape index (κ3) is 8.38. The number of nitrogens with zero attached hydrogens (tertiary/aromatic N) is 2. The molecular formula is C28H28F5N5O2S. The minimum Gasteiger partial charge on any atom is -0.406 e. The van der Waals surface area contributed by atoms with Crippen LogP contribution in [0, 0.1) is 0 Å². The number of alkyl halides is 5. The van der Waals surface area contributed by atoms with Crippen LogP contribution in [-0.2, 0) is 10.8 Å². The number of hydrogen-bond donors (Lipinski definition) is 3. The van der Waals surface area contributed by atoms with Gasteiger partial charge in [-0.3, -0.25) is 14.2 Å². The number of hydrogen-bond acceptors (Lipinski definition) is 7. The summed E-state index contributed by atoms with van der Waals surface area (Å²) in [4.78, 5) is 5.02. The van der Waals surface area contributed by atoms with E-state index in [1.54, 1.807) is 48.7 Å². The Morgan fingerprint density at radius 3 is 2.20 bits per heavy atom. The summed E-state index contributed by atoms with van der Waals surface area (Å²) in [6.45, 7) is 2.14. The molecule has 7 nitrogen and oxygen atoms in total. The fourth-order valence-corrected chi connectivity index (χ4v) is 4.25. The fourth-order valence-electron chi connectivity index (χ4n) is 3.69. The summed E-state index contributed by atoms with van der Waals surface area (Å²) >= 11 is 0. The predicted molar refractivity (Wildman–Crippen MR) is 152 cm³/mol. The van der Waals surface area contributed by atoms with Crippen LogP contribution in [0.4, 0.5) is 33.3 Å². The molecule has 0 aliphatic heterocycles. The molecule has 0 saturated heterocycles. The van der Waals surface area contributed by atoms with E-state index in [-0.39, 0.29) is 22.8 Å². The number of rotatable bonds is 9. The van der Waals surface area contributed by atoms with Gasteiger partial charge in [0.15, 0.2) is 0 Å². The molecule has 0 radical (unpaired) electrons. The summed E-state index contributed by atoms with van der Waals surface area (Å²) < 4.78 is 81.0. The first-order valence-corrected chi connectivity index (χ1v) is 13.5. The Balaban J connectivity index is 2.13. The molecule has 218 valence electrons. The van der Waals surface area contributed by atoms with E-state index < -0.39 is 34.5 Å². The smallest absolute Gasteiger partial charge is 0.406 e. The summed E-state index contributed by atoms with van der Waals surface area (Å²) in [7, 11) is -1.24. The summed E-state index contributed by atoms with van der Waals surface area (Å²) in [6, 6.07) is 16.9. The van der Waals surface area contributed by atoms with Gasteiger partial charge in [-0.05, 0) is 72.7 Å². The second-order valence-electron chi connectivity index (χ2n) is 8.92. The molecule has 0 aliphatic rings. The molecule has 0 bridgehead atoms. The lowest BCUT2D eigenvalue weighted by Crippen LogP contribution is -2.30. The van der Waals surface area contributed by atoms with Gasteiger partial charge in [-0.15, -0.1) is 13.2 Å². The predicted octanol–water partition coefficient (Wildman–Crippen LogP) is 6.22. The highest BCUT2D eigenvalue weighted by Gasteiger charge is 2.31. The molecule has 0 amide bonds. The van der Waals surface area contributed by atoms with E-state index in [0.717, 1.165) is 24.4 Å². The number of hydrazine groups is 1. The van der Waals surface area contributed by atoms with Crippen LogP contribution in [0.3, 0.4) is 0 Å². The molecule has 0 saturated carbocycles. The second kappa shape index (κ2) is 12.5. The van der Waals surface area contributed by atoms with Crippen LogP contribution in [0.5, 0.6) is 5.75 Å². The van der Waals surface area contributed by atoms with E-state index >= 15 is 0 Å². The second-order valence-corrected chi connectivity index (χ2v) is 10.3. The monoisotopic (exact) mass is 593 g/mol. The van der Waals surface area contributed by atoms with Gasteiger partial charge < -0.3 is 16.2 Å². The molecule has 1 unspecified atom stereocenters. The van der Waals surface area contributed by atoms with Crippen LogP contribution in [0.2, 0.25) is 0 Å². The van der Waals surface area contributed by atoms with Crippen molar-refractivity contribution in [3.05, 3.63) is 90.3 Å². The fraction of sp³-hybridized carbons (Fsp3) is 0.179. The van der Waals surface area contributed by atoms with E-state index in [1.807, 2.05) is 0 Å². The SMILES string of the molecule is CC(C=C(N)C(C)(F)F)=Nc1ccc(-c2cccc(S(C)=O)c2)cc1N(N)/C(=C\N)c1ccc(OC(F)(F)F)cc1. The normalized spacial score (nSPS) is 14.1. The highest BCUT2D eigenvalue weighted by atomic mass is 32.2. The molecule has 6 N–H and O–H groups in total. The van der Waals surface area contributed by atoms with Crippen LogP contribution in [-0.4, -0.2) is 28.5 Å². The van der Waals surface area contributed by atoms with Gasteiger partial charge in [-0.1, -0.05) is 18.2 Å². The number of benzene rings is 3. The van der Waals surface area contributed by atoms with Gasteiger partial charge >= 0.3 is 6.36 Å². The van der Waals surface area contributed by atoms with E-state index in [1.165, 1.54) is 24.1 Å². The van der Waals surface area contributed by atoms with E-state index in [4.69, 9.17) is 17.3 Å². The zero-order valence-corrected chi connectivity index (χ0v) is 23.1. The van der Waals surface area contributed by atoms with Crippen molar-refractivity contribution in [2.45, 2.75) is 31.0 Å². The van der Waals surface area contributed by atoms with Crippen molar-refractivity contribution >= 4 is 33.6 Å². The molecule has 0 heterocycles. The van der Waals surface area contributed by atoms with E-state index in [2.05, 4.69) is 9.73 Å². The third-order valence-corrected chi connectivity index (χ3v) is 6.62. The maximum Gasteiger partial charge on any atom is 0.573 e. The van der Waals surface area contributed by atoms with Crippen LogP contribution in [0.25, 0.3) is 16.8 Å². The molecule has 41 heavy (non-hydrogen) atoms. The molecule has 13 heteroatoms. The zero-order chi connectivity index (χ0) is 30.5. The topological polar surface area (TPSA) is 120 Å². The quantitative estimate of drug-likeness (QED) is 0.117. The van der Waals surface area contributed by atoms with Gasteiger partial charge in [0.05, 0.1) is 22.8 Å². The number of allylic oxidation sites excluding steroid dienone is 2. The summed E-state index contributed by atoms with van der Waals surface area (Å²) in [5, 5.41) is 1.17. The first kappa shape index (κ1) is 31.3. The number of ether oxygens (including phenoxy) is 1. The summed E-state index contributed by atoms with van der Waals surface area (Å²) in [5.41, 5.74) is 13.3. The van der Waals surface area contributed by atoms with Crippen molar-refractivity contribution in [2.24, 2.45) is 22.3 Å². The van der Waals surface area contributed by atoms with Gasteiger partial charge in [-0.2, -0.15) is 0 Å². The Morgan fingerprint density at radius 1 is 1.00 bits per heavy atom.